The average Bonchev–Trinajstić information content (AvgIpc) is 3.28. The number of esters is 1. The average molecular weight is 569 g/mol. The van der Waals surface area contributed by atoms with Crippen LogP contribution in [0.15, 0.2) is 101 Å². The van der Waals surface area contributed by atoms with Crippen LogP contribution in [0, 0.1) is 0 Å². The van der Waals surface area contributed by atoms with Gasteiger partial charge in [0, 0.05) is 34.7 Å². The minimum atomic E-state index is -1.51. The van der Waals surface area contributed by atoms with Crippen molar-refractivity contribution in [3.63, 3.8) is 0 Å². The molecule has 1 N–H and O–H groups in total. The lowest BCUT2D eigenvalue weighted by Crippen LogP contribution is -2.43. The maximum Gasteiger partial charge on any atom is 0.338 e. The van der Waals surface area contributed by atoms with Gasteiger partial charge >= 0.3 is 11.7 Å². The van der Waals surface area contributed by atoms with Crippen molar-refractivity contribution in [1.29, 1.82) is 0 Å². The van der Waals surface area contributed by atoms with E-state index in [1.54, 1.807) is 49.4 Å². The maximum absolute atomic E-state index is 13.1. The SMILES string of the molecule is C[C@]1(c2ccccc2C(=O)[O-])[C@@H](c2ccccc2C(=O)[O-])[C@H](COC(=O)c2ccccc2)O[C@H]1n1ccc(=O)[nH]c1=O. The Morgan fingerprint density at radius 3 is 2.17 bits per heavy atom. The highest BCUT2D eigenvalue weighted by atomic mass is 16.6. The van der Waals surface area contributed by atoms with Crippen LogP contribution < -0.4 is 21.5 Å². The predicted molar refractivity (Wildman–Crippen MR) is 144 cm³/mol. The molecular weight excluding hydrogens is 544 g/mol. The third-order valence-electron chi connectivity index (χ3n) is 7.57. The van der Waals surface area contributed by atoms with Crippen molar-refractivity contribution in [1.82, 2.24) is 9.55 Å². The van der Waals surface area contributed by atoms with E-state index in [2.05, 4.69) is 4.98 Å². The Labute approximate surface area is 238 Å². The first-order valence-electron chi connectivity index (χ1n) is 12.9. The predicted octanol–water partition coefficient (Wildman–Crippen LogP) is 0.760. The second kappa shape index (κ2) is 11.3. The fourth-order valence-corrected chi connectivity index (χ4v) is 5.75. The molecule has 4 aromatic rings. The summed E-state index contributed by atoms with van der Waals surface area (Å²) < 4.78 is 13.1. The number of H-pyrrole nitrogens is 1. The molecule has 2 heterocycles. The number of carboxylic acid groups (broad SMARTS) is 2. The summed E-state index contributed by atoms with van der Waals surface area (Å²) >= 11 is 0. The number of rotatable bonds is 8. The summed E-state index contributed by atoms with van der Waals surface area (Å²) in [5.41, 5.74) is -2.80. The molecule has 1 fully saturated rings. The van der Waals surface area contributed by atoms with Gasteiger partial charge in [-0.1, -0.05) is 73.7 Å². The zero-order chi connectivity index (χ0) is 30.0. The molecule has 0 bridgehead atoms. The van der Waals surface area contributed by atoms with E-state index in [4.69, 9.17) is 9.47 Å². The monoisotopic (exact) mass is 568 g/mol. The molecule has 1 aromatic heterocycles. The molecule has 1 aliphatic heterocycles. The van der Waals surface area contributed by atoms with Crippen LogP contribution in [-0.2, 0) is 14.9 Å². The highest BCUT2D eigenvalue weighted by molar-refractivity contribution is 5.90. The number of carbonyl (C=O) groups excluding carboxylic acids is 3. The van der Waals surface area contributed by atoms with Gasteiger partial charge in [-0.3, -0.25) is 14.3 Å². The second-order valence-electron chi connectivity index (χ2n) is 9.98. The van der Waals surface area contributed by atoms with Crippen molar-refractivity contribution in [2.75, 3.05) is 6.61 Å². The molecular formula is C31H24N2O9-2. The molecule has 0 spiro atoms. The number of ether oxygens (including phenoxy) is 2. The summed E-state index contributed by atoms with van der Waals surface area (Å²) in [4.78, 5) is 64.6. The molecule has 3 aromatic carbocycles. The van der Waals surface area contributed by atoms with Crippen LogP contribution >= 0.6 is 0 Å². The number of aromatic amines is 1. The van der Waals surface area contributed by atoms with Crippen molar-refractivity contribution in [3.8, 4) is 0 Å². The molecule has 42 heavy (non-hydrogen) atoms. The van der Waals surface area contributed by atoms with E-state index >= 15 is 0 Å². The number of hydrogen-bond acceptors (Lipinski definition) is 9. The van der Waals surface area contributed by atoms with Crippen LogP contribution in [-0.4, -0.2) is 40.2 Å². The Bertz CT molecular complexity index is 1780. The van der Waals surface area contributed by atoms with E-state index in [1.165, 1.54) is 42.6 Å². The molecule has 11 nitrogen and oxygen atoms in total. The Hall–Kier alpha value is -5.29. The maximum atomic E-state index is 13.1. The van der Waals surface area contributed by atoms with Gasteiger partial charge in [0.25, 0.3) is 5.56 Å². The van der Waals surface area contributed by atoms with Gasteiger partial charge in [0.15, 0.2) is 0 Å². The van der Waals surface area contributed by atoms with Crippen LogP contribution in [0.4, 0.5) is 0 Å². The topological polar surface area (TPSA) is 171 Å². The number of nitrogens with zero attached hydrogens (tertiary/aromatic N) is 1. The molecule has 1 aliphatic rings. The summed E-state index contributed by atoms with van der Waals surface area (Å²) in [6.07, 6.45) is -1.20. The first kappa shape index (κ1) is 28.2. The Morgan fingerprint density at radius 2 is 1.50 bits per heavy atom. The minimum absolute atomic E-state index is 0.170. The van der Waals surface area contributed by atoms with Gasteiger partial charge in [-0.05, 0) is 23.3 Å². The van der Waals surface area contributed by atoms with Gasteiger partial charge in [-0.25, -0.2) is 9.59 Å². The molecule has 0 radical (unpaired) electrons. The van der Waals surface area contributed by atoms with Crippen LogP contribution in [0.25, 0.3) is 0 Å². The number of benzene rings is 3. The zero-order valence-electron chi connectivity index (χ0n) is 22.2. The second-order valence-corrected chi connectivity index (χ2v) is 9.98. The fraction of sp³-hybridized carbons (Fsp3) is 0.194. The summed E-state index contributed by atoms with van der Waals surface area (Å²) in [5, 5.41) is 24.6. The number of carboxylic acids is 2. The molecule has 4 atom stereocenters. The fourth-order valence-electron chi connectivity index (χ4n) is 5.75. The number of hydrogen-bond donors (Lipinski definition) is 1. The van der Waals surface area contributed by atoms with Crippen molar-refractivity contribution < 1.29 is 34.1 Å². The van der Waals surface area contributed by atoms with Crippen molar-refractivity contribution >= 4 is 17.9 Å². The Kier molecular flexibility index (Phi) is 7.60. The summed E-state index contributed by atoms with van der Waals surface area (Å²) in [5.74, 6) is -4.69. The minimum Gasteiger partial charge on any atom is -0.545 e. The zero-order valence-corrected chi connectivity index (χ0v) is 22.2. The normalized spacial score (nSPS) is 21.5. The summed E-state index contributed by atoms with van der Waals surface area (Å²) in [6, 6.07) is 21.2. The van der Waals surface area contributed by atoms with Crippen LogP contribution in [0.2, 0.25) is 0 Å². The van der Waals surface area contributed by atoms with Gasteiger partial charge in [0.2, 0.25) is 0 Å². The van der Waals surface area contributed by atoms with Gasteiger partial charge in [-0.2, -0.15) is 0 Å². The van der Waals surface area contributed by atoms with Crippen molar-refractivity contribution in [2.24, 2.45) is 0 Å². The lowest BCUT2D eigenvalue weighted by atomic mass is 9.65. The van der Waals surface area contributed by atoms with E-state index in [1.807, 2.05) is 0 Å². The molecule has 214 valence electrons. The van der Waals surface area contributed by atoms with E-state index < -0.39 is 59.4 Å². The van der Waals surface area contributed by atoms with E-state index in [9.17, 15) is 34.2 Å². The molecule has 0 amide bonds. The van der Waals surface area contributed by atoms with Crippen molar-refractivity contribution in [3.05, 3.63) is 140 Å². The summed E-state index contributed by atoms with van der Waals surface area (Å²) in [6.45, 7) is 1.23. The smallest absolute Gasteiger partial charge is 0.338 e. The number of nitrogens with one attached hydrogen (secondary N) is 1. The largest absolute Gasteiger partial charge is 0.545 e. The van der Waals surface area contributed by atoms with Crippen LogP contribution in [0.3, 0.4) is 0 Å². The Balaban J connectivity index is 1.74. The van der Waals surface area contributed by atoms with Gasteiger partial charge in [-0.15, -0.1) is 0 Å². The van der Waals surface area contributed by atoms with E-state index in [0.717, 1.165) is 10.6 Å². The molecule has 5 rings (SSSR count). The van der Waals surface area contributed by atoms with Gasteiger partial charge in [0.05, 0.1) is 17.5 Å². The number of carbonyl (C=O) groups is 3. The first-order valence-corrected chi connectivity index (χ1v) is 12.9. The molecule has 11 heteroatoms. The lowest BCUT2D eigenvalue weighted by molar-refractivity contribution is -0.256. The standard InChI is InChI=1S/C31H26N2O9/c1-31(22-14-8-7-13-21(22)27(37)38)25(19-11-5-6-12-20(19)26(35)36)23(17-41-28(39)18-9-3-2-4-10-18)42-29(31)33-16-15-24(34)32-30(33)40/h2-16,23,25,29H,17H2,1H3,(H,35,36)(H,37,38)(H,32,34,40)/p-2/t23-,25-,29+,31-/m0/s1. The number of aromatic carboxylic acids is 2. The van der Waals surface area contributed by atoms with E-state index in [0.29, 0.717) is 0 Å². The van der Waals surface area contributed by atoms with E-state index in [-0.39, 0.29) is 27.8 Å². The van der Waals surface area contributed by atoms with Crippen LogP contribution in [0.5, 0.6) is 0 Å². The number of aromatic nitrogens is 2. The first-order chi connectivity index (χ1) is 20.1. The highest BCUT2D eigenvalue weighted by Crippen LogP contribution is 2.56. The van der Waals surface area contributed by atoms with Gasteiger partial charge < -0.3 is 29.3 Å². The third kappa shape index (κ3) is 5.01. The quantitative estimate of drug-likeness (QED) is 0.301. The molecule has 1 saturated heterocycles. The molecule has 0 aliphatic carbocycles. The molecule has 0 unspecified atom stereocenters. The molecule has 0 saturated carbocycles. The highest BCUT2D eigenvalue weighted by Gasteiger charge is 2.57. The Morgan fingerprint density at radius 1 is 0.881 bits per heavy atom. The lowest BCUT2D eigenvalue weighted by Gasteiger charge is -2.39. The van der Waals surface area contributed by atoms with Crippen LogP contribution in [0.1, 0.15) is 61.3 Å². The van der Waals surface area contributed by atoms with Gasteiger partial charge in [0.1, 0.15) is 18.9 Å². The van der Waals surface area contributed by atoms with Crippen molar-refractivity contribution in [2.45, 2.75) is 30.6 Å². The third-order valence-corrected chi connectivity index (χ3v) is 7.57. The summed E-state index contributed by atoms with van der Waals surface area (Å²) in [7, 11) is 0.